The van der Waals surface area contributed by atoms with E-state index in [2.05, 4.69) is 15.6 Å². The molecule has 29 heavy (non-hydrogen) atoms. The van der Waals surface area contributed by atoms with Crippen molar-refractivity contribution in [1.82, 2.24) is 20.5 Å². The summed E-state index contributed by atoms with van der Waals surface area (Å²) in [5.41, 5.74) is 1.33. The Morgan fingerprint density at radius 1 is 1.03 bits per heavy atom. The fourth-order valence-electron chi connectivity index (χ4n) is 3.23. The Morgan fingerprint density at radius 2 is 1.76 bits per heavy atom. The zero-order valence-corrected chi connectivity index (χ0v) is 16.7. The van der Waals surface area contributed by atoms with Crippen LogP contribution in [0.3, 0.4) is 0 Å². The van der Waals surface area contributed by atoms with Crippen LogP contribution in [0.15, 0.2) is 48.8 Å². The van der Waals surface area contributed by atoms with Crippen molar-refractivity contribution in [2.45, 2.75) is 19.4 Å². The minimum Gasteiger partial charge on any atom is -0.348 e. The predicted molar refractivity (Wildman–Crippen MR) is 109 cm³/mol. The van der Waals surface area contributed by atoms with Crippen LogP contribution in [0.4, 0.5) is 0 Å². The van der Waals surface area contributed by atoms with Crippen LogP contribution in [0.25, 0.3) is 0 Å². The maximum atomic E-state index is 12.4. The van der Waals surface area contributed by atoms with Gasteiger partial charge in [-0.15, -0.1) is 0 Å². The molecule has 3 amide bonds. The number of hydrogen-bond donors (Lipinski definition) is 2. The molecule has 152 valence electrons. The first kappa shape index (κ1) is 20.8. The number of carbonyl (C=O) groups excluding carboxylic acids is 3. The lowest BCUT2D eigenvalue weighted by Crippen LogP contribution is -2.44. The quantitative estimate of drug-likeness (QED) is 0.732. The molecule has 1 saturated heterocycles. The van der Waals surface area contributed by atoms with Gasteiger partial charge in [-0.2, -0.15) is 0 Å². The number of pyridine rings is 1. The number of nitrogens with one attached hydrogen (secondary N) is 2. The molecule has 0 spiro atoms. The number of amides is 3. The summed E-state index contributed by atoms with van der Waals surface area (Å²) in [5, 5.41) is 5.80. The van der Waals surface area contributed by atoms with E-state index in [1.807, 2.05) is 6.07 Å². The van der Waals surface area contributed by atoms with E-state index in [9.17, 15) is 14.4 Å². The molecular formula is C21H23ClN4O3. The van der Waals surface area contributed by atoms with Crippen molar-refractivity contribution in [3.8, 4) is 0 Å². The molecule has 0 aliphatic carbocycles. The summed E-state index contributed by atoms with van der Waals surface area (Å²) in [4.78, 5) is 42.2. The summed E-state index contributed by atoms with van der Waals surface area (Å²) in [5.74, 6) is -1.15. The van der Waals surface area contributed by atoms with Crippen molar-refractivity contribution in [3.05, 3.63) is 64.9 Å². The largest absolute Gasteiger partial charge is 0.348 e. The number of rotatable bonds is 5. The summed E-state index contributed by atoms with van der Waals surface area (Å²) in [6, 6.07) is 10.6. The second-order valence-corrected chi connectivity index (χ2v) is 7.37. The molecule has 0 saturated carbocycles. The smallest absolute Gasteiger partial charge is 0.309 e. The highest BCUT2D eigenvalue weighted by molar-refractivity contribution is 6.35. The van der Waals surface area contributed by atoms with Gasteiger partial charge < -0.3 is 15.5 Å². The standard InChI is InChI=1S/C21H23ClN4O3/c22-18-6-2-1-4-16(18)14-25-20(28)19(27)24-12-15-7-10-26(11-8-15)21(29)17-5-3-9-23-13-17/h1-6,9,13,15H,7-8,10-12,14H2,(H,24,27)(H,25,28). The average molecular weight is 415 g/mol. The normalized spacial score (nSPS) is 14.3. The minimum absolute atomic E-state index is 0.0282. The van der Waals surface area contributed by atoms with Crippen LogP contribution in [-0.2, 0) is 16.1 Å². The van der Waals surface area contributed by atoms with Crippen LogP contribution in [0, 0.1) is 5.92 Å². The summed E-state index contributed by atoms with van der Waals surface area (Å²) in [6.07, 6.45) is 4.74. The Bertz CT molecular complexity index is 867. The SMILES string of the molecule is O=C(NCc1ccccc1Cl)C(=O)NCC1CCN(C(=O)c2cccnc2)CC1. The molecule has 0 unspecified atom stereocenters. The first-order valence-corrected chi connectivity index (χ1v) is 9.91. The van der Waals surface area contributed by atoms with Crippen LogP contribution >= 0.6 is 11.6 Å². The molecule has 0 radical (unpaired) electrons. The topological polar surface area (TPSA) is 91.4 Å². The first-order chi connectivity index (χ1) is 14.0. The first-order valence-electron chi connectivity index (χ1n) is 9.53. The van der Waals surface area contributed by atoms with Gasteiger partial charge in [-0.1, -0.05) is 29.8 Å². The molecule has 1 fully saturated rings. The minimum atomic E-state index is -0.686. The Hall–Kier alpha value is -2.93. The van der Waals surface area contributed by atoms with Crippen molar-refractivity contribution in [3.63, 3.8) is 0 Å². The number of benzene rings is 1. The van der Waals surface area contributed by atoms with Gasteiger partial charge in [-0.05, 0) is 42.5 Å². The van der Waals surface area contributed by atoms with Crippen LogP contribution in [-0.4, -0.2) is 47.2 Å². The molecule has 2 heterocycles. The molecule has 2 aromatic rings. The number of piperidine rings is 1. The van der Waals surface area contributed by atoms with E-state index in [1.165, 1.54) is 0 Å². The lowest BCUT2D eigenvalue weighted by atomic mass is 9.96. The summed E-state index contributed by atoms with van der Waals surface area (Å²) in [6.45, 7) is 1.84. The van der Waals surface area contributed by atoms with Gasteiger partial charge in [0.05, 0.1) is 5.56 Å². The maximum absolute atomic E-state index is 12.4. The lowest BCUT2D eigenvalue weighted by molar-refractivity contribution is -0.139. The number of nitrogens with zero attached hydrogens (tertiary/aromatic N) is 2. The summed E-state index contributed by atoms with van der Waals surface area (Å²) >= 11 is 6.04. The van der Waals surface area contributed by atoms with Gasteiger partial charge in [0.2, 0.25) is 0 Å². The molecular weight excluding hydrogens is 392 g/mol. The van der Waals surface area contributed by atoms with Crippen LogP contribution < -0.4 is 10.6 Å². The number of hydrogen-bond acceptors (Lipinski definition) is 4. The molecule has 2 N–H and O–H groups in total. The van der Waals surface area contributed by atoms with Gasteiger partial charge in [0, 0.05) is 43.6 Å². The molecule has 1 aromatic heterocycles. The van der Waals surface area contributed by atoms with E-state index in [1.54, 1.807) is 47.6 Å². The van der Waals surface area contributed by atoms with Crippen molar-refractivity contribution < 1.29 is 14.4 Å². The molecule has 0 bridgehead atoms. The predicted octanol–water partition coefficient (Wildman–Crippen LogP) is 2.02. The number of likely N-dealkylation sites (tertiary alicyclic amines) is 1. The van der Waals surface area contributed by atoms with Gasteiger partial charge in [0.1, 0.15) is 0 Å². The van der Waals surface area contributed by atoms with E-state index < -0.39 is 11.8 Å². The summed E-state index contributed by atoms with van der Waals surface area (Å²) < 4.78 is 0. The average Bonchev–Trinajstić information content (AvgIpc) is 2.77. The third-order valence-electron chi connectivity index (χ3n) is 4.96. The van der Waals surface area contributed by atoms with Crippen LogP contribution in [0.1, 0.15) is 28.8 Å². The molecule has 8 heteroatoms. The second kappa shape index (κ2) is 10.0. The Morgan fingerprint density at radius 3 is 2.45 bits per heavy atom. The van der Waals surface area contributed by atoms with Gasteiger partial charge in [-0.25, -0.2) is 0 Å². The third-order valence-corrected chi connectivity index (χ3v) is 5.33. The second-order valence-electron chi connectivity index (χ2n) is 6.96. The van der Waals surface area contributed by atoms with E-state index in [0.717, 1.165) is 18.4 Å². The van der Waals surface area contributed by atoms with E-state index in [-0.39, 0.29) is 18.4 Å². The van der Waals surface area contributed by atoms with E-state index in [4.69, 9.17) is 11.6 Å². The molecule has 1 aliphatic heterocycles. The zero-order valence-electron chi connectivity index (χ0n) is 15.9. The van der Waals surface area contributed by atoms with Gasteiger partial charge >= 0.3 is 11.8 Å². The van der Waals surface area contributed by atoms with Crippen LogP contribution in [0.2, 0.25) is 5.02 Å². The van der Waals surface area contributed by atoms with Gasteiger partial charge in [0.15, 0.2) is 0 Å². The monoisotopic (exact) mass is 414 g/mol. The number of carbonyl (C=O) groups is 3. The Labute approximate surface area is 174 Å². The van der Waals surface area contributed by atoms with E-state index >= 15 is 0 Å². The molecule has 0 atom stereocenters. The fourth-order valence-corrected chi connectivity index (χ4v) is 3.43. The zero-order chi connectivity index (χ0) is 20.6. The Balaban J connectivity index is 1.38. The van der Waals surface area contributed by atoms with Crippen LogP contribution in [0.5, 0.6) is 0 Å². The van der Waals surface area contributed by atoms with Gasteiger partial charge in [0.25, 0.3) is 5.91 Å². The van der Waals surface area contributed by atoms with Crippen molar-refractivity contribution in [2.24, 2.45) is 5.92 Å². The van der Waals surface area contributed by atoms with Crippen molar-refractivity contribution in [1.29, 1.82) is 0 Å². The maximum Gasteiger partial charge on any atom is 0.309 e. The van der Waals surface area contributed by atoms with Crippen molar-refractivity contribution in [2.75, 3.05) is 19.6 Å². The molecule has 1 aromatic carbocycles. The number of halogens is 1. The molecule has 3 rings (SSSR count). The third kappa shape index (κ3) is 5.77. The number of aromatic nitrogens is 1. The van der Waals surface area contributed by atoms with Gasteiger partial charge in [-0.3, -0.25) is 19.4 Å². The molecule has 1 aliphatic rings. The lowest BCUT2D eigenvalue weighted by Gasteiger charge is -2.32. The van der Waals surface area contributed by atoms with E-state index in [0.29, 0.717) is 30.2 Å². The highest BCUT2D eigenvalue weighted by Gasteiger charge is 2.24. The fraction of sp³-hybridized carbons (Fsp3) is 0.333. The summed E-state index contributed by atoms with van der Waals surface area (Å²) in [7, 11) is 0. The highest BCUT2D eigenvalue weighted by atomic mass is 35.5. The van der Waals surface area contributed by atoms with Crippen molar-refractivity contribution >= 4 is 29.3 Å². The Kier molecular flexibility index (Phi) is 7.19. The molecule has 7 nitrogen and oxygen atoms in total. The highest BCUT2D eigenvalue weighted by Crippen LogP contribution is 2.18.